The van der Waals surface area contributed by atoms with E-state index in [2.05, 4.69) is 20.2 Å². The van der Waals surface area contributed by atoms with Gasteiger partial charge in [0.15, 0.2) is 5.78 Å². The molecule has 7 heteroatoms. The van der Waals surface area contributed by atoms with Gasteiger partial charge in [-0.2, -0.15) is 5.10 Å². The highest BCUT2D eigenvalue weighted by Gasteiger charge is 2.21. The summed E-state index contributed by atoms with van der Waals surface area (Å²) >= 11 is 0. The molecule has 0 radical (unpaired) electrons. The molecule has 0 amide bonds. The fourth-order valence-corrected chi connectivity index (χ4v) is 3.21. The number of H-pyrrole nitrogens is 2. The molecular formula is C21H18F2N4O. The molecule has 0 saturated carbocycles. The Kier molecular flexibility index (Phi) is 4.50. The van der Waals surface area contributed by atoms with Crippen molar-refractivity contribution in [1.29, 1.82) is 0 Å². The molecule has 0 bridgehead atoms. The van der Waals surface area contributed by atoms with E-state index in [1.807, 2.05) is 43.3 Å². The van der Waals surface area contributed by atoms with Gasteiger partial charge in [-0.1, -0.05) is 29.8 Å². The molecule has 2 N–H and O–H groups in total. The molecule has 0 saturated heterocycles. The smallest absolute Gasteiger partial charge is 0.280 e. The van der Waals surface area contributed by atoms with Crippen LogP contribution in [0.3, 0.4) is 0 Å². The number of hydrogen-bond donors (Lipinski definition) is 2. The van der Waals surface area contributed by atoms with Gasteiger partial charge in [0, 0.05) is 29.3 Å². The highest BCUT2D eigenvalue weighted by molar-refractivity contribution is 5.97. The van der Waals surface area contributed by atoms with Crippen LogP contribution in [0.2, 0.25) is 0 Å². The summed E-state index contributed by atoms with van der Waals surface area (Å²) in [4.78, 5) is 20.2. The lowest BCUT2D eigenvalue weighted by Gasteiger charge is -2.01. The summed E-state index contributed by atoms with van der Waals surface area (Å²) in [5, 5.41) is 6.90. The van der Waals surface area contributed by atoms with Gasteiger partial charge in [0.05, 0.1) is 0 Å². The lowest BCUT2D eigenvalue weighted by atomic mass is 10.0. The zero-order valence-corrected chi connectivity index (χ0v) is 15.4. The van der Waals surface area contributed by atoms with E-state index in [0.29, 0.717) is 5.56 Å². The summed E-state index contributed by atoms with van der Waals surface area (Å²) in [6.45, 7) is 3.50. The Morgan fingerprint density at radius 2 is 1.89 bits per heavy atom. The molecule has 5 nitrogen and oxygen atoms in total. The van der Waals surface area contributed by atoms with Crippen LogP contribution in [0, 0.1) is 13.8 Å². The van der Waals surface area contributed by atoms with Gasteiger partial charge in [-0.25, -0.2) is 13.8 Å². The molecule has 0 aliphatic heterocycles. The average Bonchev–Trinajstić information content (AvgIpc) is 3.25. The third-order valence-corrected chi connectivity index (χ3v) is 4.78. The minimum Gasteiger partial charge on any atom is -0.339 e. The largest absolute Gasteiger partial charge is 0.339 e. The Balaban J connectivity index is 1.59. The van der Waals surface area contributed by atoms with Gasteiger partial charge in [-0.05, 0) is 37.1 Å². The second-order valence-electron chi connectivity index (χ2n) is 6.84. The Morgan fingerprint density at radius 1 is 1.14 bits per heavy atom. The topological polar surface area (TPSA) is 74.4 Å². The first-order valence-corrected chi connectivity index (χ1v) is 8.83. The van der Waals surface area contributed by atoms with Crippen LogP contribution in [0.15, 0.2) is 42.6 Å². The van der Waals surface area contributed by atoms with Crippen LogP contribution in [-0.2, 0) is 6.42 Å². The minimum absolute atomic E-state index is 0.0440. The van der Waals surface area contributed by atoms with Crippen LogP contribution in [0.1, 0.15) is 39.3 Å². The molecule has 4 aromatic rings. The molecule has 0 fully saturated rings. The lowest BCUT2D eigenvalue weighted by Crippen LogP contribution is -2.06. The number of aryl methyl sites for hydroxylation is 1. The maximum atomic E-state index is 12.9. The normalized spacial score (nSPS) is 11.5. The van der Waals surface area contributed by atoms with Crippen LogP contribution in [-0.4, -0.2) is 25.9 Å². The molecule has 4 rings (SSSR count). The number of nitrogens with zero attached hydrogens (tertiary/aromatic N) is 2. The summed E-state index contributed by atoms with van der Waals surface area (Å²) in [5.41, 5.74) is 4.52. The van der Waals surface area contributed by atoms with Crippen molar-refractivity contribution in [2.24, 2.45) is 0 Å². The summed E-state index contributed by atoms with van der Waals surface area (Å²) in [6.07, 6.45) is -1.03. The number of rotatable bonds is 5. The molecule has 3 heterocycles. The maximum absolute atomic E-state index is 12.9. The van der Waals surface area contributed by atoms with Crippen molar-refractivity contribution in [3.63, 3.8) is 0 Å². The molecule has 3 aromatic heterocycles. The predicted octanol–water partition coefficient (Wildman–Crippen LogP) is 4.93. The number of carbonyl (C=O) groups is 1. The number of nitrogens with one attached hydrogen (secondary N) is 2. The van der Waals surface area contributed by atoms with E-state index in [0.717, 1.165) is 22.3 Å². The van der Waals surface area contributed by atoms with Gasteiger partial charge in [0.1, 0.15) is 17.0 Å². The molecule has 142 valence electrons. The zero-order chi connectivity index (χ0) is 19.8. The number of Topliss-reactive ketones (excluding diaryl/α,β-unsaturated/α-hetero) is 1. The van der Waals surface area contributed by atoms with E-state index in [1.165, 1.54) is 12.5 Å². The van der Waals surface area contributed by atoms with Crippen LogP contribution >= 0.6 is 0 Å². The van der Waals surface area contributed by atoms with Gasteiger partial charge >= 0.3 is 0 Å². The molecule has 28 heavy (non-hydrogen) atoms. The molecule has 1 aromatic carbocycles. The van der Waals surface area contributed by atoms with Gasteiger partial charge in [-0.15, -0.1) is 0 Å². The SMILES string of the molecule is Cc1ccc(-c2cc3cc(CC(=O)c4n[nH]c(C(F)F)c4C)cnc3[nH]2)cc1. The number of pyridine rings is 1. The van der Waals surface area contributed by atoms with Gasteiger partial charge in [0.25, 0.3) is 6.43 Å². The van der Waals surface area contributed by atoms with Gasteiger partial charge in [-0.3, -0.25) is 9.89 Å². The lowest BCUT2D eigenvalue weighted by molar-refractivity contribution is 0.0987. The van der Waals surface area contributed by atoms with Crippen molar-refractivity contribution in [1.82, 2.24) is 20.2 Å². The number of benzene rings is 1. The number of aromatic nitrogens is 4. The number of ketones is 1. The first-order chi connectivity index (χ1) is 13.4. The minimum atomic E-state index is -2.69. The summed E-state index contributed by atoms with van der Waals surface area (Å²) in [6, 6.07) is 12.0. The number of alkyl halides is 2. The highest BCUT2D eigenvalue weighted by Crippen LogP contribution is 2.25. The average molecular weight is 380 g/mol. The summed E-state index contributed by atoms with van der Waals surface area (Å²) < 4.78 is 25.7. The summed E-state index contributed by atoms with van der Waals surface area (Å²) in [5.74, 6) is -0.323. The van der Waals surface area contributed by atoms with Gasteiger partial charge in [0.2, 0.25) is 0 Å². The molecule has 0 spiro atoms. The third kappa shape index (κ3) is 3.31. The van der Waals surface area contributed by atoms with Crippen LogP contribution in [0.25, 0.3) is 22.3 Å². The van der Waals surface area contributed by atoms with Crippen molar-refractivity contribution in [2.45, 2.75) is 26.7 Å². The fraction of sp³-hybridized carbons (Fsp3) is 0.190. The molecule has 0 aliphatic carbocycles. The van der Waals surface area contributed by atoms with E-state index >= 15 is 0 Å². The second kappa shape index (κ2) is 6.99. The second-order valence-corrected chi connectivity index (χ2v) is 6.84. The van der Waals surface area contributed by atoms with Crippen LogP contribution < -0.4 is 0 Å². The predicted molar refractivity (Wildman–Crippen MR) is 103 cm³/mol. The first kappa shape index (κ1) is 18.0. The van der Waals surface area contributed by atoms with E-state index in [9.17, 15) is 13.6 Å². The Morgan fingerprint density at radius 3 is 2.57 bits per heavy atom. The number of fused-ring (bicyclic) bond motifs is 1. The van der Waals surface area contributed by atoms with Crippen molar-refractivity contribution < 1.29 is 13.6 Å². The molecule has 0 aliphatic rings. The molecule has 0 atom stereocenters. The summed E-state index contributed by atoms with van der Waals surface area (Å²) in [7, 11) is 0. The van der Waals surface area contributed by atoms with Crippen molar-refractivity contribution in [2.75, 3.05) is 0 Å². The highest BCUT2D eigenvalue weighted by atomic mass is 19.3. The third-order valence-electron chi connectivity index (χ3n) is 4.78. The van der Waals surface area contributed by atoms with Crippen molar-refractivity contribution in [3.05, 3.63) is 70.7 Å². The fourth-order valence-electron chi connectivity index (χ4n) is 3.21. The van der Waals surface area contributed by atoms with Gasteiger partial charge < -0.3 is 4.98 Å². The maximum Gasteiger partial charge on any atom is 0.280 e. The quantitative estimate of drug-likeness (QED) is 0.482. The van der Waals surface area contributed by atoms with Crippen LogP contribution in [0.5, 0.6) is 0 Å². The number of hydrogen-bond acceptors (Lipinski definition) is 3. The number of carbonyl (C=O) groups excluding carboxylic acids is 1. The molecule has 0 unspecified atom stereocenters. The van der Waals surface area contributed by atoms with Crippen LogP contribution in [0.4, 0.5) is 8.78 Å². The Hall–Kier alpha value is -3.35. The van der Waals surface area contributed by atoms with E-state index < -0.39 is 6.43 Å². The monoisotopic (exact) mass is 380 g/mol. The molecular weight excluding hydrogens is 362 g/mol. The Bertz CT molecular complexity index is 1160. The van der Waals surface area contributed by atoms with Crippen molar-refractivity contribution >= 4 is 16.8 Å². The van der Waals surface area contributed by atoms with E-state index in [-0.39, 0.29) is 29.2 Å². The number of halogens is 2. The first-order valence-electron chi connectivity index (χ1n) is 8.83. The number of aromatic amines is 2. The van der Waals surface area contributed by atoms with Crippen molar-refractivity contribution in [3.8, 4) is 11.3 Å². The standard InChI is InChI=1S/C21H18F2N4O/c1-11-3-5-14(6-4-11)16-9-15-7-13(10-24-21(15)25-16)8-17(28)18-12(2)19(20(22)23)27-26-18/h3-7,9-10,20H,8H2,1-2H3,(H,24,25)(H,26,27). The Labute approximate surface area is 159 Å². The van der Waals surface area contributed by atoms with E-state index in [4.69, 9.17) is 0 Å². The zero-order valence-electron chi connectivity index (χ0n) is 15.4. The van der Waals surface area contributed by atoms with E-state index in [1.54, 1.807) is 6.20 Å².